The van der Waals surface area contributed by atoms with Crippen molar-refractivity contribution in [3.05, 3.63) is 101 Å². The van der Waals surface area contributed by atoms with Crippen molar-refractivity contribution >= 4 is 41.3 Å². The third kappa shape index (κ3) is 8.51. The number of rotatable bonds is 14. The highest BCUT2D eigenvalue weighted by Gasteiger charge is 2.39. The van der Waals surface area contributed by atoms with Crippen LogP contribution in [0.2, 0.25) is 0 Å². The van der Waals surface area contributed by atoms with Crippen LogP contribution in [0.1, 0.15) is 76.9 Å². The number of imide groups is 1. The van der Waals surface area contributed by atoms with E-state index < -0.39 is 17.3 Å². The number of benzene rings is 3. The molecule has 3 aromatic carbocycles. The van der Waals surface area contributed by atoms with Crippen LogP contribution in [-0.2, 0) is 20.1 Å². The lowest BCUT2D eigenvalue weighted by atomic mass is 10.00. The first kappa shape index (κ1) is 35.7. The summed E-state index contributed by atoms with van der Waals surface area (Å²) < 4.78 is 5.28. The number of thioether (sulfide) groups is 1. The maximum Gasteiger partial charge on any atom is 0.261 e. The minimum absolute atomic E-state index is 0.144. The number of carbonyl (C=O) groups is 5. The van der Waals surface area contributed by atoms with E-state index in [1.807, 2.05) is 54.6 Å². The standard InChI is InChI=1S/C38H44N4O6S/c1-25-20-22-41(33(35(44)39-2)27-11-5-4-6-12-27)38(47)31(23-25)40-34(43)32(49-24-26-16-18-28(48-3)19-17-26)15-9-10-21-42-36(45)29-13-7-8-14-30(29)37(42)46/h4-8,11-14,16-19,25,31-33H,9-10,15,20-24H2,1-3H3,(H,39,44)(H,40,43)/t25-,31?,32?,33?/m0/s1. The lowest BCUT2D eigenvalue weighted by Gasteiger charge is -2.32. The lowest BCUT2D eigenvalue weighted by Crippen LogP contribution is -2.52. The molecular weight excluding hydrogens is 641 g/mol. The molecule has 11 heteroatoms. The van der Waals surface area contributed by atoms with Crippen LogP contribution in [0.25, 0.3) is 0 Å². The van der Waals surface area contributed by atoms with Gasteiger partial charge in [-0.25, -0.2) is 0 Å². The molecule has 2 N–H and O–H groups in total. The Hall–Kier alpha value is -4.64. The number of unbranched alkanes of at least 4 members (excludes halogenated alkanes) is 1. The van der Waals surface area contributed by atoms with Crippen LogP contribution in [0.5, 0.6) is 5.75 Å². The number of nitrogens with zero attached hydrogens (tertiary/aromatic N) is 2. The van der Waals surface area contributed by atoms with E-state index >= 15 is 0 Å². The minimum atomic E-state index is -0.814. The fourth-order valence-corrected chi connectivity index (χ4v) is 7.57. The number of hydrogen-bond acceptors (Lipinski definition) is 7. The number of likely N-dealkylation sites (N-methyl/N-ethyl adjacent to an activating group) is 1. The predicted molar refractivity (Wildman–Crippen MR) is 189 cm³/mol. The summed E-state index contributed by atoms with van der Waals surface area (Å²) in [6.07, 6.45) is 2.78. The number of fused-ring (bicyclic) bond motifs is 1. The van der Waals surface area contributed by atoms with Crippen LogP contribution in [0.15, 0.2) is 78.9 Å². The predicted octanol–water partition coefficient (Wildman–Crippen LogP) is 4.99. The zero-order valence-corrected chi connectivity index (χ0v) is 29.0. The van der Waals surface area contributed by atoms with Gasteiger partial charge in [-0.05, 0) is 67.0 Å². The number of hydrogen-bond donors (Lipinski definition) is 2. The molecule has 3 aromatic rings. The highest BCUT2D eigenvalue weighted by atomic mass is 32.2. The molecule has 5 rings (SSSR count). The Morgan fingerprint density at radius 2 is 1.55 bits per heavy atom. The summed E-state index contributed by atoms with van der Waals surface area (Å²) in [6.45, 7) is 2.72. The summed E-state index contributed by atoms with van der Waals surface area (Å²) in [7, 11) is 3.17. The van der Waals surface area contributed by atoms with Crippen LogP contribution >= 0.6 is 11.8 Å². The van der Waals surface area contributed by atoms with Gasteiger partial charge in [-0.3, -0.25) is 28.9 Å². The molecule has 1 saturated heterocycles. The molecule has 1 fully saturated rings. The summed E-state index contributed by atoms with van der Waals surface area (Å²) in [6, 6.07) is 22.1. The minimum Gasteiger partial charge on any atom is -0.497 e. The molecule has 0 spiro atoms. The Morgan fingerprint density at radius 1 is 0.898 bits per heavy atom. The molecule has 0 aromatic heterocycles. The van der Waals surface area contributed by atoms with Crippen molar-refractivity contribution < 1.29 is 28.7 Å². The summed E-state index contributed by atoms with van der Waals surface area (Å²) in [5.41, 5.74) is 2.57. The van der Waals surface area contributed by atoms with Gasteiger partial charge in [0, 0.05) is 25.9 Å². The van der Waals surface area contributed by atoms with Crippen LogP contribution in [0.3, 0.4) is 0 Å². The molecule has 2 aliphatic rings. The Kier molecular flexibility index (Phi) is 12.1. The van der Waals surface area contributed by atoms with E-state index in [0.29, 0.717) is 61.1 Å². The maximum absolute atomic E-state index is 14.1. The van der Waals surface area contributed by atoms with E-state index in [1.165, 1.54) is 16.7 Å². The molecule has 0 aliphatic carbocycles. The van der Waals surface area contributed by atoms with Crippen LogP contribution in [0.4, 0.5) is 0 Å². The van der Waals surface area contributed by atoms with Gasteiger partial charge in [0.1, 0.15) is 17.8 Å². The molecule has 4 atom stereocenters. The summed E-state index contributed by atoms with van der Waals surface area (Å²) in [4.78, 5) is 69.9. The molecule has 3 unspecified atom stereocenters. The summed E-state index contributed by atoms with van der Waals surface area (Å²) in [5.74, 6) is 0.0548. The highest BCUT2D eigenvalue weighted by molar-refractivity contribution is 7.99. The molecule has 2 heterocycles. The lowest BCUT2D eigenvalue weighted by molar-refractivity contribution is -0.143. The quantitative estimate of drug-likeness (QED) is 0.181. The van der Waals surface area contributed by atoms with Crippen LogP contribution < -0.4 is 15.4 Å². The Bertz CT molecular complexity index is 1610. The number of likely N-dealkylation sites (tertiary alicyclic amines) is 1. The van der Waals surface area contributed by atoms with Crippen molar-refractivity contribution in [1.82, 2.24) is 20.4 Å². The number of ether oxygens (including phenoxy) is 1. The number of nitrogens with one attached hydrogen (secondary N) is 2. The second-order valence-electron chi connectivity index (χ2n) is 12.6. The monoisotopic (exact) mass is 684 g/mol. The van der Waals surface area contributed by atoms with Gasteiger partial charge in [0.15, 0.2) is 0 Å². The summed E-state index contributed by atoms with van der Waals surface area (Å²) >= 11 is 1.49. The third-order valence-electron chi connectivity index (χ3n) is 9.20. The number of carbonyl (C=O) groups excluding carboxylic acids is 5. The molecular formula is C38H44N4O6S. The zero-order valence-electron chi connectivity index (χ0n) is 28.2. The summed E-state index contributed by atoms with van der Waals surface area (Å²) in [5, 5.41) is 5.29. The smallest absolute Gasteiger partial charge is 0.261 e. The molecule has 10 nitrogen and oxygen atoms in total. The van der Waals surface area contributed by atoms with Crippen molar-refractivity contribution in [3.8, 4) is 5.75 Å². The normalized spacial score (nSPS) is 18.8. The highest BCUT2D eigenvalue weighted by Crippen LogP contribution is 2.30. The number of amides is 5. The molecule has 2 aliphatic heterocycles. The molecule has 258 valence electrons. The van der Waals surface area contributed by atoms with E-state index in [2.05, 4.69) is 17.6 Å². The zero-order chi connectivity index (χ0) is 34.9. The van der Waals surface area contributed by atoms with Crippen LogP contribution in [-0.4, -0.2) is 77.9 Å². The van der Waals surface area contributed by atoms with Crippen molar-refractivity contribution in [2.45, 2.75) is 62.1 Å². The first-order valence-corrected chi connectivity index (χ1v) is 17.8. The van der Waals surface area contributed by atoms with E-state index in [0.717, 1.165) is 11.3 Å². The second-order valence-corrected chi connectivity index (χ2v) is 13.8. The fraction of sp³-hybridized carbons (Fsp3) is 0.395. The Morgan fingerprint density at radius 3 is 2.18 bits per heavy atom. The van der Waals surface area contributed by atoms with Crippen molar-refractivity contribution in [1.29, 1.82) is 0 Å². The van der Waals surface area contributed by atoms with E-state index in [9.17, 15) is 24.0 Å². The van der Waals surface area contributed by atoms with Gasteiger partial charge in [-0.2, -0.15) is 0 Å². The van der Waals surface area contributed by atoms with Gasteiger partial charge >= 0.3 is 0 Å². The van der Waals surface area contributed by atoms with E-state index in [4.69, 9.17) is 4.74 Å². The van der Waals surface area contributed by atoms with Gasteiger partial charge in [0.2, 0.25) is 17.7 Å². The van der Waals surface area contributed by atoms with Crippen molar-refractivity contribution in [3.63, 3.8) is 0 Å². The van der Waals surface area contributed by atoms with Gasteiger partial charge in [0.05, 0.1) is 23.5 Å². The number of methoxy groups -OCH3 is 1. The average Bonchev–Trinajstić information content (AvgIpc) is 3.28. The van der Waals surface area contributed by atoms with Gasteiger partial charge < -0.3 is 20.3 Å². The van der Waals surface area contributed by atoms with Gasteiger partial charge in [0.25, 0.3) is 11.8 Å². The Labute approximate surface area is 291 Å². The third-order valence-corrected chi connectivity index (χ3v) is 10.6. The molecule has 0 bridgehead atoms. The first-order chi connectivity index (χ1) is 23.7. The molecule has 0 saturated carbocycles. The molecule has 0 radical (unpaired) electrons. The topological polar surface area (TPSA) is 125 Å². The first-order valence-electron chi connectivity index (χ1n) is 16.8. The van der Waals surface area contributed by atoms with Crippen molar-refractivity contribution in [2.24, 2.45) is 5.92 Å². The Balaban J connectivity index is 1.29. The second kappa shape index (κ2) is 16.6. The van der Waals surface area contributed by atoms with E-state index in [-0.39, 0.29) is 42.0 Å². The molecule has 49 heavy (non-hydrogen) atoms. The maximum atomic E-state index is 14.1. The van der Waals surface area contributed by atoms with Crippen LogP contribution in [0, 0.1) is 5.92 Å². The van der Waals surface area contributed by atoms with Gasteiger partial charge in [-0.1, -0.05) is 67.9 Å². The molecule has 5 amide bonds. The fourth-order valence-electron chi connectivity index (χ4n) is 6.43. The largest absolute Gasteiger partial charge is 0.497 e. The van der Waals surface area contributed by atoms with Crippen molar-refractivity contribution in [2.75, 3.05) is 27.2 Å². The SMILES string of the molecule is CNC(=O)C(c1ccccc1)N1CC[C@H](C)CC(NC(=O)C(CCCCN2C(=O)c3ccccc3C2=O)SCc2ccc(OC)cc2)C1=O. The average molecular weight is 685 g/mol. The van der Waals surface area contributed by atoms with E-state index in [1.54, 1.807) is 43.3 Å². The van der Waals surface area contributed by atoms with Gasteiger partial charge in [-0.15, -0.1) is 11.8 Å².